The van der Waals surface area contributed by atoms with Crippen LogP contribution >= 0.6 is 11.6 Å². The second kappa shape index (κ2) is 6.06. The van der Waals surface area contributed by atoms with E-state index in [1.165, 1.54) is 6.07 Å². The lowest BCUT2D eigenvalue weighted by Crippen LogP contribution is -2.27. The number of halogens is 1. The van der Waals surface area contributed by atoms with Crippen molar-refractivity contribution in [2.45, 2.75) is 0 Å². The Morgan fingerprint density at radius 1 is 1.04 bits per heavy atom. The van der Waals surface area contributed by atoms with Gasteiger partial charge >= 0.3 is 5.97 Å². The Bertz CT molecular complexity index is 919. The van der Waals surface area contributed by atoms with Gasteiger partial charge in [-0.3, -0.25) is 4.79 Å². The van der Waals surface area contributed by atoms with Crippen molar-refractivity contribution in [3.05, 3.63) is 81.6 Å². The van der Waals surface area contributed by atoms with Crippen LogP contribution in [0.4, 0.5) is 0 Å². The molecule has 1 heterocycles. The molecule has 1 aromatic heterocycles. The number of carboxylic acids is 1. The number of hydrogen-bond donors (Lipinski definition) is 1. The first kappa shape index (κ1) is 15.0. The third kappa shape index (κ3) is 3.00. The summed E-state index contributed by atoms with van der Waals surface area (Å²) in [5.41, 5.74) is 0.523. The Labute approximate surface area is 136 Å². The Morgan fingerprint density at radius 3 is 2.30 bits per heavy atom. The summed E-state index contributed by atoms with van der Waals surface area (Å²) in [6, 6.07) is 16.7. The summed E-state index contributed by atoms with van der Waals surface area (Å²) in [5, 5.41) is 14.1. The molecule has 114 valence electrons. The van der Waals surface area contributed by atoms with E-state index in [1.807, 2.05) is 0 Å². The highest BCUT2D eigenvalue weighted by atomic mass is 35.5. The average molecular weight is 327 g/mol. The number of aromatic carboxylic acids is 1. The summed E-state index contributed by atoms with van der Waals surface area (Å²) in [6.07, 6.45) is 0. The predicted molar refractivity (Wildman–Crippen MR) is 87.2 cm³/mol. The molecule has 0 spiro atoms. The van der Waals surface area contributed by atoms with Crippen LogP contribution < -0.4 is 5.56 Å². The second-order valence-electron chi connectivity index (χ2n) is 4.81. The van der Waals surface area contributed by atoms with Crippen molar-refractivity contribution in [3.63, 3.8) is 0 Å². The van der Waals surface area contributed by atoms with E-state index in [0.717, 1.165) is 4.68 Å². The molecular formula is C17H11ClN2O3. The average Bonchev–Trinajstić information content (AvgIpc) is 2.56. The first-order valence-corrected chi connectivity index (χ1v) is 7.13. The topological polar surface area (TPSA) is 72.2 Å². The van der Waals surface area contributed by atoms with Gasteiger partial charge in [-0.15, -0.1) is 0 Å². The molecule has 2 aromatic carbocycles. The molecule has 23 heavy (non-hydrogen) atoms. The highest BCUT2D eigenvalue weighted by molar-refractivity contribution is 6.30. The van der Waals surface area contributed by atoms with Crippen LogP contribution in [0.15, 0.2) is 65.5 Å². The molecule has 0 aliphatic carbocycles. The van der Waals surface area contributed by atoms with Gasteiger partial charge in [0.05, 0.1) is 11.4 Å². The van der Waals surface area contributed by atoms with E-state index in [4.69, 9.17) is 11.6 Å². The molecule has 5 nitrogen and oxygen atoms in total. The standard InChI is InChI=1S/C17H11ClN2O3/c18-12-8-6-11(7-9-12)15-10-14(17(22)23)16(21)20(19-15)13-4-2-1-3-5-13/h1-10H,(H,22,23). The molecule has 6 heteroatoms. The van der Waals surface area contributed by atoms with E-state index in [-0.39, 0.29) is 5.56 Å². The van der Waals surface area contributed by atoms with Crippen molar-refractivity contribution in [2.75, 3.05) is 0 Å². The molecule has 0 unspecified atom stereocenters. The van der Waals surface area contributed by atoms with Crippen molar-refractivity contribution in [1.82, 2.24) is 9.78 Å². The van der Waals surface area contributed by atoms with Crippen LogP contribution in [0.25, 0.3) is 16.9 Å². The second-order valence-corrected chi connectivity index (χ2v) is 5.24. The van der Waals surface area contributed by atoms with Crippen LogP contribution in [0.3, 0.4) is 0 Å². The van der Waals surface area contributed by atoms with Crippen LogP contribution in [0.5, 0.6) is 0 Å². The van der Waals surface area contributed by atoms with Gasteiger partial charge < -0.3 is 5.11 Å². The number of aromatic nitrogens is 2. The van der Waals surface area contributed by atoms with Crippen molar-refractivity contribution < 1.29 is 9.90 Å². The fourth-order valence-electron chi connectivity index (χ4n) is 2.15. The number of carbonyl (C=O) groups is 1. The number of rotatable bonds is 3. The van der Waals surface area contributed by atoms with Gasteiger partial charge in [-0.05, 0) is 30.3 Å². The fourth-order valence-corrected chi connectivity index (χ4v) is 2.28. The summed E-state index contributed by atoms with van der Waals surface area (Å²) in [7, 11) is 0. The Balaban J connectivity index is 2.26. The van der Waals surface area contributed by atoms with E-state index in [1.54, 1.807) is 54.6 Å². The van der Waals surface area contributed by atoms with Gasteiger partial charge in [-0.1, -0.05) is 41.9 Å². The molecule has 0 saturated carbocycles. The first-order valence-electron chi connectivity index (χ1n) is 6.75. The van der Waals surface area contributed by atoms with Gasteiger partial charge in [-0.25, -0.2) is 4.79 Å². The lowest BCUT2D eigenvalue weighted by Gasteiger charge is -2.09. The highest BCUT2D eigenvalue weighted by Gasteiger charge is 2.16. The third-order valence-corrected chi connectivity index (χ3v) is 3.53. The van der Waals surface area contributed by atoms with Crippen molar-refractivity contribution in [3.8, 4) is 16.9 Å². The third-order valence-electron chi connectivity index (χ3n) is 3.28. The van der Waals surface area contributed by atoms with Crippen LogP contribution in [-0.4, -0.2) is 20.9 Å². The Morgan fingerprint density at radius 2 is 1.70 bits per heavy atom. The van der Waals surface area contributed by atoms with Gasteiger partial charge in [-0.2, -0.15) is 9.78 Å². The minimum absolute atomic E-state index is 0.339. The maximum Gasteiger partial charge on any atom is 0.341 e. The largest absolute Gasteiger partial charge is 0.477 e. The zero-order chi connectivity index (χ0) is 16.4. The molecule has 0 atom stereocenters. The maximum absolute atomic E-state index is 12.3. The van der Waals surface area contributed by atoms with Crippen molar-refractivity contribution in [2.24, 2.45) is 0 Å². The molecule has 0 amide bonds. The normalized spacial score (nSPS) is 10.5. The number of carboxylic acid groups (broad SMARTS) is 1. The quantitative estimate of drug-likeness (QED) is 0.802. The predicted octanol–water partition coefficient (Wildman–Crippen LogP) is 3.25. The maximum atomic E-state index is 12.3. The van der Waals surface area contributed by atoms with Crippen molar-refractivity contribution in [1.29, 1.82) is 0 Å². The molecule has 0 radical (unpaired) electrons. The zero-order valence-electron chi connectivity index (χ0n) is 11.8. The number of nitrogens with zero attached hydrogens (tertiary/aromatic N) is 2. The van der Waals surface area contributed by atoms with E-state index in [9.17, 15) is 14.7 Å². The fraction of sp³-hybridized carbons (Fsp3) is 0. The van der Waals surface area contributed by atoms with Crippen LogP contribution in [0.2, 0.25) is 5.02 Å². The molecule has 3 rings (SSSR count). The Kier molecular flexibility index (Phi) is 3.95. The summed E-state index contributed by atoms with van der Waals surface area (Å²) in [4.78, 5) is 23.7. The zero-order valence-corrected chi connectivity index (χ0v) is 12.6. The molecule has 0 fully saturated rings. The first-order chi connectivity index (χ1) is 11.1. The van der Waals surface area contributed by atoms with E-state index in [2.05, 4.69) is 5.10 Å². The highest BCUT2D eigenvalue weighted by Crippen LogP contribution is 2.20. The minimum atomic E-state index is -1.29. The van der Waals surface area contributed by atoms with E-state index < -0.39 is 11.5 Å². The molecule has 3 aromatic rings. The van der Waals surface area contributed by atoms with Gasteiger partial charge in [0.25, 0.3) is 5.56 Å². The molecule has 0 aliphatic rings. The van der Waals surface area contributed by atoms with Crippen LogP contribution in [-0.2, 0) is 0 Å². The van der Waals surface area contributed by atoms with Gasteiger partial charge in [0.1, 0.15) is 5.56 Å². The van der Waals surface area contributed by atoms with Gasteiger partial charge in [0, 0.05) is 10.6 Å². The number of benzene rings is 2. The van der Waals surface area contributed by atoms with Crippen molar-refractivity contribution >= 4 is 17.6 Å². The lowest BCUT2D eigenvalue weighted by molar-refractivity contribution is 0.0694. The monoisotopic (exact) mass is 326 g/mol. The number of para-hydroxylation sites is 1. The summed E-state index contributed by atoms with van der Waals surface area (Å²) < 4.78 is 1.09. The SMILES string of the molecule is O=C(O)c1cc(-c2ccc(Cl)cc2)nn(-c2ccccc2)c1=O. The van der Waals surface area contributed by atoms with Crippen LogP contribution in [0.1, 0.15) is 10.4 Å². The molecular weight excluding hydrogens is 316 g/mol. The summed E-state index contributed by atoms with van der Waals surface area (Å²) in [5.74, 6) is -1.29. The molecule has 1 N–H and O–H groups in total. The lowest BCUT2D eigenvalue weighted by atomic mass is 10.1. The minimum Gasteiger partial charge on any atom is -0.477 e. The summed E-state index contributed by atoms with van der Waals surface area (Å²) in [6.45, 7) is 0. The molecule has 0 bridgehead atoms. The van der Waals surface area contributed by atoms with Gasteiger partial charge in [0.15, 0.2) is 0 Å². The molecule has 0 saturated heterocycles. The smallest absolute Gasteiger partial charge is 0.341 e. The van der Waals surface area contributed by atoms with Crippen LogP contribution in [0, 0.1) is 0 Å². The van der Waals surface area contributed by atoms with Gasteiger partial charge in [0.2, 0.25) is 0 Å². The number of hydrogen-bond acceptors (Lipinski definition) is 3. The van der Waals surface area contributed by atoms with E-state index in [0.29, 0.717) is 22.0 Å². The summed E-state index contributed by atoms with van der Waals surface area (Å²) >= 11 is 5.86. The molecule has 0 aliphatic heterocycles. The van der Waals surface area contributed by atoms with E-state index >= 15 is 0 Å². The Hall–Kier alpha value is -2.92.